The lowest BCUT2D eigenvalue weighted by atomic mass is 10.1. The first-order valence-corrected chi connectivity index (χ1v) is 6.80. The van der Waals surface area contributed by atoms with Crippen LogP contribution in [0.3, 0.4) is 0 Å². The zero-order valence-corrected chi connectivity index (χ0v) is 11.2. The lowest BCUT2D eigenvalue weighted by Crippen LogP contribution is -2.50. The van der Waals surface area contributed by atoms with E-state index in [9.17, 15) is 0 Å². The maximum atomic E-state index is 5.64. The molecule has 2 unspecified atom stereocenters. The third-order valence-electron chi connectivity index (χ3n) is 2.55. The second-order valence-electron chi connectivity index (χ2n) is 3.67. The molecule has 1 aliphatic rings. The Bertz CT molecular complexity index is 328. The van der Waals surface area contributed by atoms with Crippen LogP contribution in [0.5, 0.6) is 0 Å². The molecule has 0 radical (unpaired) electrons. The first-order chi connectivity index (χ1) is 7.79. The zero-order valence-electron chi connectivity index (χ0n) is 8.82. The molecule has 1 aliphatic heterocycles. The largest absolute Gasteiger partial charge is 0.376 e. The summed E-state index contributed by atoms with van der Waals surface area (Å²) in [5.41, 5.74) is 2.82. The Morgan fingerprint density at radius 3 is 3.00 bits per heavy atom. The highest BCUT2D eigenvalue weighted by Crippen LogP contribution is 2.24. The van der Waals surface area contributed by atoms with Gasteiger partial charge in [-0.3, -0.25) is 11.3 Å². The van der Waals surface area contributed by atoms with Gasteiger partial charge in [-0.05, 0) is 28.1 Å². The number of halogens is 1. The third kappa shape index (κ3) is 3.26. The number of hydrogen-bond donors (Lipinski definition) is 2. The third-order valence-corrected chi connectivity index (χ3v) is 4.20. The van der Waals surface area contributed by atoms with Crippen LogP contribution in [0.15, 0.2) is 15.9 Å². The van der Waals surface area contributed by atoms with Gasteiger partial charge in [-0.25, -0.2) is 0 Å². The molecule has 3 N–H and O–H groups in total. The Morgan fingerprint density at radius 1 is 1.56 bits per heavy atom. The molecular weight excluding hydrogens is 292 g/mol. The average molecular weight is 307 g/mol. The molecule has 1 aromatic rings. The topological polar surface area (TPSA) is 56.5 Å². The van der Waals surface area contributed by atoms with Crippen molar-refractivity contribution in [1.82, 2.24) is 5.43 Å². The summed E-state index contributed by atoms with van der Waals surface area (Å²) in [6.07, 6.45) is 0.903. The minimum Gasteiger partial charge on any atom is -0.376 e. The molecule has 4 nitrogen and oxygen atoms in total. The molecule has 90 valence electrons. The van der Waals surface area contributed by atoms with Gasteiger partial charge in [0.15, 0.2) is 0 Å². The molecule has 2 heterocycles. The van der Waals surface area contributed by atoms with E-state index in [0.29, 0.717) is 19.8 Å². The van der Waals surface area contributed by atoms with Crippen molar-refractivity contribution in [3.63, 3.8) is 0 Å². The summed E-state index contributed by atoms with van der Waals surface area (Å²) in [7, 11) is 0. The number of rotatable bonds is 4. The summed E-state index contributed by atoms with van der Waals surface area (Å²) in [5, 5.41) is 0. The maximum absolute atomic E-state index is 5.64. The molecule has 16 heavy (non-hydrogen) atoms. The second kappa shape index (κ2) is 6.09. The second-order valence-corrected chi connectivity index (χ2v) is 6.21. The Hall–Kier alpha value is 0.0200. The van der Waals surface area contributed by atoms with Crippen molar-refractivity contribution in [1.29, 1.82) is 0 Å². The molecule has 2 rings (SSSR count). The van der Waals surface area contributed by atoms with E-state index in [0.717, 1.165) is 10.2 Å². The standard InChI is InChI=1S/C10H15BrN2O2S/c11-10-2-1-7(16-10)5-8(13-12)9-6-14-3-4-15-9/h1-2,8-9,13H,3-6,12H2. The van der Waals surface area contributed by atoms with Crippen LogP contribution in [0.25, 0.3) is 0 Å². The van der Waals surface area contributed by atoms with Crippen molar-refractivity contribution in [2.75, 3.05) is 19.8 Å². The summed E-state index contributed by atoms with van der Waals surface area (Å²) >= 11 is 5.17. The predicted molar refractivity (Wildman–Crippen MR) is 67.4 cm³/mol. The van der Waals surface area contributed by atoms with Crippen LogP contribution < -0.4 is 11.3 Å². The van der Waals surface area contributed by atoms with Gasteiger partial charge in [0.25, 0.3) is 0 Å². The van der Waals surface area contributed by atoms with E-state index in [4.69, 9.17) is 15.3 Å². The van der Waals surface area contributed by atoms with Gasteiger partial charge < -0.3 is 9.47 Å². The van der Waals surface area contributed by atoms with Gasteiger partial charge in [0.1, 0.15) is 0 Å². The van der Waals surface area contributed by atoms with Gasteiger partial charge in [0, 0.05) is 11.3 Å². The summed E-state index contributed by atoms with van der Waals surface area (Å²) in [6.45, 7) is 1.94. The van der Waals surface area contributed by atoms with Crippen molar-refractivity contribution in [2.45, 2.75) is 18.6 Å². The Kier molecular flexibility index (Phi) is 4.75. The lowest BCUT2D eigenvalue weighted by molar-refractivity contribution is -0.101. The molecule has 1 fully saturated rings. The molecule has 1 saturated heterocycles. The van der Waals surface area contributed by atoms with Crippen molar-refractivity contribution in [2.24, 2.45) is 5.84 Å². The average Bonchev–Trinajstić information content (AvgIpc) is 2.73. The Morgan fingerprint density at radius 2 is 2.44 bits per heavy atom. The number of hydrazine groups is 1. The van der Waals surface area contributed by atoms with E-state index < -0.39 is 0 Å². The van der Waals surface area contributed by atoms with Crippen LogP contribution in [-0.2, 0) is 15.9 Å². The van der Waals surface area contributed by atoms with Crippen LogP contribution >= 0.6 is 27.3 Å². The SMILES string of the molecule is NNC(Cc1ccc(Br)s1)C1COCCO1. The smallest absolute Gasteiger partial charge is 0.0979 e. The summed E-state index contributed by atoms with van der Waals surface area (Å²) in [6, 6.07) is 4.25. The Balaban J connectivity index is 1.94. The first-order valence-electron chi connectivity index (χ1n) is 5.19. The molecule has 0 saturated carbocycles. The van der Waals surface area contributed by atoms with Crippen molar-refractivity contribution < 1.29 is 9.47 Å². The number of nitrogens with two attached hydrogens (primary N) is 1. The van der Waals surface area contributed by atoms with Crippen LogP contribution in [0, 0.1) is 0 Å². The fraction of sp³-hybridized carbons (Fsp3) is 0.600. The van der Waals surface area contributed by atoms with Crippen LogP contribution in [-0.4, -0.2) is 32.0 Å². The number of nitrogens with one attached hydrogen (secondary N) is 1. The molecule has 1 aromatic heterocycles. The molecule has 0 amide bonds. The van der Waals surface area contributed by atoms with E-state index in [2.05, 4.69) is 27.4 Å². The number of ether oxygens (including phenoxy) is 2. The highest BCUT2D eigenvalue weighted by molar-refractivity contribution is 9.11. The van der Waals surface area contributed by atoms with Crippen LogP contribution in [0.2, 0.25) is 0 Å². The quantitative estimate of drug-likeness (QED) is 0.650. The highest BCUT2D eigenvalue weighted by Gasteiger charge is 2.24. The lowest BCUT2D eigenvalue weighted by Gasteiger charge is -2.29. The monoisotopic (exact) mass is 306 g/mol. The number of thiophene rings is 1. The van der Waals surface area contributed by atoms with E-state index in [1.165, 1.54) is 4.88 Å². The van der Waals surface area contributed by atoms with Crippen molar-refractivity contribution >= 4 is 27.3 Å². The van der Waals surface area contributed by atoms with Gasteiger partial charge in [0.05, 0.1) is 35.8 Å². The fourth-order valence-electron chi connectivity index (χ4n) is 1.71. The van der Waals surface area contributed by atoms with E-state index in [1.54, 1.807) is 11.3 Å². The van der Waals surface area contributed by atoms with Crippen molar-refractivity contribution in [3.05, 3.63) is 20.8 Å². The van der Waals surface area contributed by atoms with Gasteiger partial charge in [-0.2, -0.15) is 0 Å². The fourth-order valence-corrected chi connectivity index (χ4v) is 3.26. The van der Waals surface area contributed by atoms with Gasteiger partial charge in [0.2, 0.25) is 0 Å². The highest BCUT2D eigenvalue weighted by atomic mass is 79.9. The minimum atomic E-state index is 0.0413. The van der Waals surface area contributed by atoms with Gasteiger partial charge in [-0.1, -0.05) is 0 Å². The van der Waals surface area contributed by atoms with Gasteiger partial charge in [-0.15, -0.1) is 11.3 Å². The van der Waals surface area contributed by atoms with Crippen LogP contribution in [0.4, 0.5) is 0 Å². The summed E-state index contributed by atoms with van der Waals surface area (Å²) in [4.78, 5) is 1.28. The van der Waals surface area contributed by atoms with E-state index in [-0.39, 0.29) is 12.1 Å². The molecule has 6 heteroatoms. The molecule has 0 spiro atoms. The maximum Gasteiger partial charge on any atom is 0.0979 e. The normalized spacial score (nSPS) is 23.2. The predicted octanol–water partition coefficient (Wildman–Crippen LogP) is 1.30. The molecular formula is C10H15BrN2O2S. The molecule has 0 aliphatic carbocycles. The van der Waals surface area contributed by atoms with E-state index in [1.807, 2.05) is 6.07 Å². The van der Waals surface area contributed by atoms with E-state index >= 15 is 0 Å². The Labute approximate surface area is 107 Å². The van der Waals surface area contributed by atoms with Crippen LogP contribution in [0.1, 0.15) is 4.88 Å². The first kappa shape index (κ1) is 12.5. The molecule has 0 aromatic carbocycles. The summed E-state index contributed by atoms with van der Waals surface area (Å²) < 4.78 is 12.2. The summed E-state index contributed by atoms with van der Waals surface area (Å²) in [5.74, 6) is 5.57. The van der Waals surface area contributed by atoms with Gasteiger partial charge >= 0.3 is 0 Å². The molecule has 0 bridgehead atoms. The zero-order chi connectivity index (χ0) is 11.4. The minimum absolute atomic E-state index is 0.0413. The van der Waals surface area contributed by atoms with Crippen molar-refractivity contribution in [3.8, 4) is 0 Å². The number of hydrogen-bond acceptors (Lipinski definition) is 5. The molecule has 2 atom stereocenters.